The van der Waals surface area contributed by atoms with E-state index in [1.165, 1.54) is 0 Å². The zero-order valence-corrected chi connectivity index (χ0v) is 12.2. The minimum Gasteiger partial charge on any atom is -0.451 e. The summed E-state index contributed by atoms with van der Waals surface area (Å²) in [6, 6.07) is 7.40. The lowest BCUT2D eigenvalue weighted by molar-refractivity contribution is 0.0711. The summed E-state index contributed by atoms with van der Waals surface area (Å²) in [5.41, 5.74) is 1.22. The van der Waals surface area contributed by atoms with Crippen molar-refractivity contribution in [1.82, 2.24) is 4.90 Å². The van der Waals surface area contributed by atoms with E-state index in [1.807, 2.05) is 31.2 Å². The second-order valence-electron chi connectivity index (χ2n) is 5.30. The Morgan fingerprint density at radius 3 is 2.65 bits per heavy atom. The van der Waals surface area contributed by atoms with Gasteiger partial charge in [-0.05, 0) is 18.9 Å². The topological polar surface area (TPSA) is 53.7 Å². The van der Waals surface area contributed by atoms with Crippen LogP contribution in [0.5, 0.6) is 0 Å². The van der Waals surface area contributed by atoms with Crippen molar-refractivity contribution in [2.75, 3.05) is 13.1 Å². The number of fused-ring (bicyclic) bond motifs is 1. The first-order valence-electron chi connectivity index (χ1n) is 6.99. The molecule has 0 aliphatic rings. The number of carbonyl (C=O) groups is 1. The summed E-state index contributed by atoms with van der Waals surface area (Å²) in [5, 5.41) is 10.4. The van der Waals surface area contributed by atoms with Crippen molar-refractivity contribution in [1.29, 1.82) is 0 Å². The molecule has 2 aromatic rings. The van der Waals surface area contributed by atoms with Crippen LogP contribution in [0.15, 0.2) is 28.7 Å². The van der Waals surface area contributed by atoms with Crippen LogP contribution in [0.1, 0.15) is 36.9 Å². The zero-order valence-electron chi connectivity index (χ0n) is 12.2. The second-order valence-corrected chi connectivity index (χ2v) is 5.30. The van der Waals surface area contributed by atoms with Crippen molar-refractivity contribution in [3.8, 4) is 0 Å². The van der Waals surface area contributed by atoms with Crippen LogP contribution in [0, 0.1) is 5.92 Å². The van der Waals surface area contributed by atoms with E-state index in [1.54, 1.807) is 4.90 Å². The summed E-state index contributed by atoms with van der Waals surface area (Å²) in [6.07, 6.45) is 0. The molecule has 0 saturated carbocycles. The smallest absolute Gasteiger partial charge is 0.289 e. The monoisotopic (exact) mass is 275 g/mol. The molecule has 0 spiro atoms. The van der Waals surface area contributed by atoms with Crippen LogP contribution in [-0.4, -0.2) is 29.0 Å². The Balaban J connectivity index is 2.43. The predicted octanol–water partition coefficient (Wildman–Crippen LogP) is 3.04. The second kappa shape index (κ2) is 6.09. The van der Waals surface area contributed by atoms with Gasteiger partial charge >= 0.3 is 0 Å². The number of nitrogens with zero attached hydrogens (tertiary/aromatic N) is 1. The van der Waals surface area contributed by atoms with Crippen LogP contribution in [0.4, 0.5) is 0 Å². The maximum Gasteiger partial charge on any atom is 0.289 e. The minimum absolute atomic E-state index is 0.151. The van der Waals surface area contributed by atoms with Gasteiger partial charge in [0.05, 0.1) is 6.61 Å². The van der Waals surface area contributed by atoms with Crippen molar-refractivity contribution < 1.29 is 14.3 Å². The number of carbonyl (C=O) groups excluding carboxylic acids is 1. The van der Waals surface area contributed by atoms with Crippen molar-refractivity contribution in [3.63, 3.8) is 0 Å². The van der Waals surface area contributed by atoms with Crippen LogP contribution >= 0.6 is 0 Å². The number of hydrogen-bond donors (Lipinski definition) is 1. The fourth-order valence-corrected chi connectivity index (χ4v) is 2.37. The highest BCUT2D eigenvalue weighted by atomic mass is 16.3. The van der Waals surface area contributed by atoms with E-state index < -0.39 is 0 Å². The van der Waals surface area contributed by atoms with E-state index in [0.29, 0.717) is 30.2 Å². The third-order valence-electron chi connectivity index (χ3n) is 3.31. The number of para-hydroxylation sites is 1. The molecule has 1 aromatic carbocycles. The summed E-state index contributed by atoms with van der Waals surface area (Å²) in [6.45, 7) is 7.19. The highest BCUT2D eigenvalue weighted by molar-refractivity contribution is 5.99. The van der Waals surface area contributed by atoms with Gasteiger partial charge in [-0.15, -0.1) is 0 Å². The summed E-state index contributed by atoms with van der Waals surface area (Å²) >= 11 is 0. The third kappa shape index (κ3) is 2.70. The average Bonchev–Trinajstić information content (AvgIpc) is 2.82. The van der Waals surface area contributed by atoms with Crippen LogP contribution in [-0.2, 0) is 6.61 Å². The van der Waals surface area contributed by atoms with Crippen molar-refractivity contribution in [2.24, 2.45) is 5.92 Å². The molecule has 0 saturated heterocycles. The third-order valence-corrected chi connectivity index (χ3v) is 3.31. The zero-order chi connectivity index (χ0) is 14.7. The van der Waals surface area contributed by atoms with Crippen molar-refractivity contribution >= 4 is 16.9 Å². The molecule has 0 radical (unpaired) electrons. The van der Waals surface area contributed by atoms with E-state index >= 15 is 0 Å². The normalized spacial score (nSPS) is 11.2. The standard InChI is InChI=1S/C16H21NO3/c1-4-17(9-11(2)3)16(19)15-13(10-18)12-7-5-6-8-14(12)20-15/h5-8,11,18H,4,9-10H2,1-3H3. The lowest BCUT2D eigenvalue weighted by Gasteiger charge is -2.22. The fourth-order valence-electron chi connectivity index (χ4n) is 2.37. The van der Waals surface area contributed by atoms with E-state index in [4.69, 9.17) is 4.42 Å². The molecule has 1 N–H and O–H groups in total. The van der Waals surface area contributed by atoms with E-state index in [-0.39, 0.29) is 18.3 Å². The molecule has 0 aliphatic carbocycles. The van der Waals surface area contributed by atoms with Gasteiger partial charge in [0.15, 0.2) is 5.76 Å². The van der Waals surface area contributed by atoms with Gasteiger partial charge in [0.25, 0.3) is 5.91 Å². The number of aliphatic hydroxyl groups is 1. The maximum atomic E-state index is 12.6. The molecular weight excluding hydrogens is 254 g/mol. The van der Waals surface area contributed by atoms with Crippen LogP contribution in [0.25, 0.3) is 11.0 Å². The van der Waals surface area contributed by atoms with Gasteiger partial charge in [0.2, 0.25) is 0 Å². The molecular formula is C16H21NO3. The van der Waals surface area contributed by atoms with E-state index in [0.717, 1.165) is 5.39 Å². The molecule has 0 unspecified atom stereocenters. The Kier molecular flexibility index (Phi) is 4.45. The predicted molar refractivity (Wildman–Crippen MR) is 78.6 cm³/mol. The molecule has 4 nitrogen and oxygen atoms in total. The van der Waals surface area contributed by atoms with Gasteiger partial charge in [0.1, 0.15) is 5.58 Å². The number of amides is 1. The fraction of sp³-hybridized carbons (Fsp3) is 0.438. The van der Waals surface area contributed by atoms with Gasteiger partial charge in [-0.3, -0.25) is 4.79 Å². The molecule has 0 fully saturated rings. The van der Waals surface area contributed by atoms with Gasteiger partial charge in [0, 0.05) is 24.0 Å². The minimum atomic E-state index is -0.197. The van der Waals surface area contributed by atoms with Crippen molar-refractivity contribution in [2.45, 2.75) is 27.4 Å². The Bertz CT molecular complexity index is 601. The SMILES string of the molecule is CCN(CC(C)C)C(=O)c1oc2ccccc2c1CO. The molecule has 2 rings (SSSR count). The van der Waals surface area contributed by atoms with Crippen molar-refractivity contribution in [3.05, 3.63) is 35.6 Å². The number of rotatable bonds is 5. The lowest BCUT2D eigenvalue weighted by atomic mass is 10.1. The number of furan rings is 1. The van der Waals surface area contributed by atoms with E-state index in [2.05, 4.69) is 13.8 Å². The van der Waals surface area contributed by atoms with Gasteiger partial charge in [-0.1, -0.05) is 32.0 Å². The number of hydrogen-bond acceptors (Lipinski definition) is 3. The summed E-state index contributed by atoms with van der Waals surface area (Å²) in [4.78, 5) is 14.3. The first-order valence-corrected chi connectivity index (χ1v) is 6.99. The maximum absolute atomic E-state index is 12.6. The van der Waals surface area contributed by atoms with Gasteiger partial charge < -0.3 is 14.4 Å². The Morgan fingerprint density at radius 2 is 2.05 bits per heavy atom. The lowest BCUT2D eigenvalue weighted by Crippen LogP contribution is -2.34. The Morgan fingerprint density at radius 1 is 1.35 bits per heavy atom. The molecule has 1 aromatic heterocycles. The largest absolute Gasteiger partial charge is 0.451 e. The molecule has 1 heterocycles. The molecule has 1 amide bonds. The van der Waals surface area contributed by atoms with Gasteiger partial charge in [-0.2, -0.15) is 0 Å². The van der Waals surface area contributed by atoms with Crippen LogP contribution < -0.4 is 0 Å². The first kappa shape index (κ1) is 14.6. The molecule has 0 atom stereocenters. The molecule has 0 bridgehead atoms. The number of benzene rings is 1. The summed E-state index contributed by atoms with van der Waals surface area (Å²) < 4.78 is 5.67. The van der Waals surface area contributed by atoms with E-state index in [9.17, 15) is 9.90 Å². The highest BCUT2D eigenvalue weighted by Crippen LogP contribution is 2.27. The Hall–Kier alpha value is -1.81. The molecule has 20 heavy (non-hydrogen) atoms. The Labute approximate surface area is 119 Å². The first-order chi connectivity index (χ1) is 9.58. The van der Waals surface area contributed by atoms with Crippen LogP contribution in [0.2, 0.25) is 0 Å². The summed E-state index contributed by atoms with van der Waals surface area (Å²) in [5.74, 6) is 0.499. The number of aliphatic hydroxyl groups excluding tert-OH is 1. The highest BCUT2D eigenvalue weighted by Gasteiger charge is 2.24. The average molecular weight is 275 g/mol. The summed E-state index contributed by atoms with van der Waals surface area (Å²) in [7, 11) is 0. The molecule has 4 heteroatoms. The van der Waals surface area contributed by atoms with Crippen LogP contribution in [0.3, 0.4) is 0 Å². The van der Waals surface area contributed by atoms with Gasteiger partial charge in [-0.25, -0.2) is 0 Å². The molecule has 0 aliphatic heterocycles. The quantitative estimate of drug-likeness (QED) is 0.912. The molecule has 108 valence electrons.